The molecular formula is C17H16O4. The lowest BCUT2D eigenvalue weighted by Crippen LogP contribution is -2.21. The molecule has 1 saturated heterocycles. The first-order valence-electron chi connectivity index (χ1n) is 6.89. The van der Waals surface area contributed by atoms with E-state index in [1.54, 1.807) is 36.4 Å². The number of carbonyl (C=O) groups is 1. The molecule has 1 aliphatic rings. The fourth-order valence-corrected chi connectivity index (χ4v) is 2.17. The minimum atomic E-state index is -0.361. The van der Waals surface area contributed by atoms with Crippen LogP contribution in [0.5, 0.6) is 5.75 Å². The summed E-state index contributed by atoms with van der Waals surface area (Å²) in [5.41, 5.74) is 1.56. The van der Waals surface area contributed by atoms with Gasteiger partial charge in [0.15, 0.2) is 0 Å². The summed E-state index contributed by atoms with van der Waals surface area (Å²) in [5, 5.41) is 0. The molecule has 4 heteroatoms. The van der Waals surface area contributed by atoms with Gasteiger partial charge in [-0.25, -0.2) is 4.79 Å². The van der Waals surface area contributed by atoms with Gasteiger partial charge < -0.3 is 14.2 Å². The quantitative estimate of drug-likeness (QED) is 0.642. The summed E-state index contributed by atoms with van der Waals surface area (Å²) in [7, 11) is 0. The molecule has 1 unspecified atom stereocenters. The molecule has 0 saturated carbocycles. The third-order valence-corrected chi connectivity index (χ3v) is 3.29. The van der Waals surface area contributed by atoms with Crippen LogP contribution in [-0.2, 0) is 9.47 Å². The maximum Gasteiger partial charge on any atom is 0.343 e. The first-order chi connectivity index (χ1) is 10.3. The highest BCUT2D eigenvalue weighted by Crippen LogP contribution is 2.23. The van der Waals surface area contributed by atoms with Gasteiger partial charge in [-0.1, -0.05) is 30.3 Å². The highest BCUT2D eigenvalue weighted by atomic mass is 16.6. The zero-order valence-electron chi connectivity index (χ0n) is 11.5. The zero-order chi connectivity index (χ0) is 14.5. The van der Waals surface area contributed by atoms with Crippen LogP contribution < -0.4 is 4.74 Å². The number of hydrogen-bond donors (Lipinski definition) is 0. The number of hydrogen-bond acceptors (Lipinski definition) is 4. The van der Waals surface area contributed by atoms with Crippen LogP contribution in [0.2, 0.25) is 0 Å². The van der Waals surface area contributed by atoms with Crippen LogP contribution in [0.25, 0.3) is 0 Å². The van der Waals surface area contributed by atoms with Crippen molar-refractivity contribution in [3.8, 4) is 5.75 Å². The second-order valence-corrected chi connectivity index (χ2v) is 4.76. The number of esters is 1. The Morgan fingerprint density at radius 3 is 2.43 bits per heavy atom. The molecule has 1 aliphatic heterocycles. The molecule has 2 aromatic rings. The topological polar surface area (TPSA) is 44.8 Å². The standard InChI is InChI=1S/C17H16O4/c18-17(14-4-2-1-3-5-14)21-15-8-6-13(7-9-15)16-12-19-10-11-20-16/h1-9,16H,10-12H2. The fourth-order valence-electron chi connectivity index (χ4n) is 2.17. The number of ether oxygens (including phenoxy) is 3. The largest absolute Gasteiger partial charge is 0.423 e. The predicted octanol–water partition coefficient (Wildman–Crippen LogP) is 2.99. The van der Waals surface area contributed by atoms with Crippen LogP contribution >= 0.6 is 0 Å². The average molecular weight is 284 g/mol. The van der Waals surface area contributed by atoms with Crippen molar-refractivity contribution < 1.29 is 19.0 Å². The van der Waals surface area contributed by atoms with E-state index in [1.165, 1.54) is 0 Å². The Bertz CT molecular complexity index is 586. The first-order valence-corrected chi connectivity index (χ1v) is 6.89. The Morgan fingerprint density at radius 2 is 1.76 bits per heavy atom. The monoisotopic (exact) mass is 284 g/mol. The van der Waals surface area contributed by atoms with Gasteiger partial charge in [-0.05, 0) is 29.8 Å². The van der Waals surface area contributed by atoms with E-state index in [1.807, 2.05) is 18.2 Å². The van der Waals surface area contributed by atoms with Gasteiger partial charge in [-0.15, -0.1) is 0 Å². The lowest BCUT2D eigenvalue weighted by molar-refractivity contribution is -0.0901. The summed E-state index contributed by atoms with van der Waals surface area (Å²) >= 11 is 0. The third kappa shape index (κ3) is 3.48. The van der Waals surface area contributed by atoms with Crippen molar-refractivity contribution >= 4 is 5.97 Å². The van der Waals surface area contributed by atoms with Crippen LogP contribution in [0.4, 0.5) is 0 Å². The van der Waals surface area contributed by atoms with Gasteiger partial charge in [0.2, 0.25) is 0 Å². The van der Waals surface area contributed by atoms with E-state index in [4.69, 9.17) is 14.2 Å². The molecule has 1 fully saturated rings. The molecule has 0 N–H and O–H groups in total. The Morgan fingerprint density at radius 1 is 1.00 bits per heavy atom. The summed E-state index contributed by atoms with van der Waals surface area (Å²) in [6, 6.07) is 16.3. The molecule has 2 aromatic carbocycles. The molecular weight excluding hydrogens is 268 g/mol. The Labute approximate surface area is 123 Å². The predicted molar refractivity (Wildman–Crippen MR) is 77.4 cm³/mol. The highest BCUT2D eigenvalue weighted by molar-refractivity contribution is 5.90. The van der Waals surface area contributed by atoms with Gasteiger partial charge in [-0.3, -0.25) is 0 Å². The van der Waals surface area contributed by atoms with Crippen LogP contribution in [0, 0.1) is 0 Å². The van der Waals surface area contributed by atoms with Gasteiger partial charge in [0.05, 0.1) is 25.4 Å². The number of benzene rings is 2. The van der Waals surface area contributed by atoms with Crippen molar-refractivity contribution in [3.05, 3.63) is 65.7 Å². The van der Waals surface area contributed by atoms with Gasteiger partial charge in [0.1, 0.15) is 11.9 Å². The molecule has 0 spiro atoms. The molecule has 1 atom stereocenters. The van der Waals surface area contributed by atoms with Crippen LogP contribution in [0.3, 0.4) is 0 Å². The fraction of sp³-hybridized carbons (Fsp3) is 0.235. The molecule has 108 valence electrons. The van der Waals surface area contributed by atoms with Crippen molar-refractivity contribution in [2.24, 2.45) is 0 Å². The van der Waals surface area contributed by atoms with Crippen molar-refractivity contribution in [1.29, 1.82) is 0 Å². The zero-order valence-corrected chi connectivity index (χ0v) is 11.5. The summed E-state index contributed by atoms with van der Waals surface area (Å²) in [4.78, 5) is 11.9. The SMILES string of the molecule is O=C(Oc1ccc(C2COCCO2)cc1)c1ccccc1. The number of rotatable bonds is 3. The van der Waals surface area contributed by atoms with Crippen molar-refractivity contribution in [3.63, 3.8) is 0 Å². The van der Waals surface area contributed by atoms with Crippen molar-refractivity contribution in [2.45, 2.75) is 6.10 Å². The molecule has 0 aliphatic carbocycles. The minimum Gasteiger partial charge on any atom is -0.423 e. The minimum absolute atomic E-state index is 0.0439. The molecule has 21 heavy (non-hydrogen) atoms. The van der Waals surface area contributed by atoms with E-state index in [0.29, 0.717) is 31.1 Å². The lowest BCUT2D eigenvalue weighted by Gasteiger charge is -2.23. The molecule has 0 bridgehead atoms. The van der Waals surface area contributed by atoms with Gasteiger partial charge in [0, 0.05) is 0 Å². The maximum absolute atomic E-state index is 11.9. The van der Waals surface area contributed by atoms with Crippen LogP contribution in [0.1, 0.15) is 22.0 Å². The second-order valence-electron chi connectivity index (χ2n) is 4.76. The molecule has 4 nitrogen and oxygen atoms in total. The second kappa shape index (κ2) is 6.52. The normalized spacial score (nSPS) is 18.2. The average Bonchev–Trinajstić information content (AvgIpc) is 2.57. The molecule has 0 radical (unpaired) electrons. The first kappa shape index (κ1) is 13.8. The third-order valence-electron chi connectivity index (χ3n) is 3.29. The van der Waals surface area contributed by atoms with Crippen LogP contribution in [-0.4, -0.2) is 25.8 Å². The highest BCUT2D eigenvalue weighted by Gasteiger charge is 2.16. The van der Waals surface area contributed by atoms with Gasteiger partial charge in [0.25, 0.3) is 0 Å². The van der Waals surface area contributed by atoms with Crippen molar-refractivity contribution in [1.82, 2.24) is 0 Å². The molecule has 0 amide bonds. The smallest absolute Gasteiger partial charge is 0.343 e. The Hall–Kier alpha value is -2.17. The summed E-state index contributed by atoms with van der Waals surface area (Å²) in [5.74, 6) is 0.157. The molecule has 1 heterocycles. The lowest BCUT2D eigenvalue weighted by atomic mass is 10.1. The van der Waals surface area contributed by atoms with E-state index in [2.05, 4.69) is 0 Å². The van der Waals surface area contributed by atoms with E-state index in [-0.39, 0.29) is 12.1 Å². The van der Waals surface area contributed by atoms with E-state index < -0.39 is 0 Å². The Balaban J connectivity index is 1.65. The van der Waals surface area contributed by atoms with Gasteiger partial charge >= 0.3 is 5.97 Å². The van der Waals surface area contributed by atoms with Crippen molar-refractivity contribution in [2.75, 3.05) is 19.8 Å². The maximum atomic E-state index is 11.9. The van der Waals surface area contributed by atoms with E-state index in [9.17, 15) is 4.79 Å². The molecule has 3 rings (SSSR count). The van der Waals surface area contributed by atoms with E-state index >= 15 is 0 Å². The molecule has 0 aromatic heterocycles. The summed E-state index contributed by atoms with van der Waals surface area (Å²) in [6.45, 7) is 1.81. The van der Waals surface area contributed by atoms with Crippen LogP contribution in [0.15, 0.2) is 54.6 Å². The van der Waals surface area contributed by atoms with E-state index in [0.717, 1.165) is 5.56 Å². The summed E-state index contributed by atoms with van der Waals surface area (Å²) < 4.78 is 16.3. The Kier molecular flexibility index (Phi) is 4.28. The van der Waals surface area contributed by atoms with Gasteiger partial charge in [-0.2, -0.15) is 0 Å². The number of carbonyl (C=O) groups excluding carboxylic acids is 1. The summed E-state index contributed by atoms with van der Waals surface area (Å²) in [6.07, 6.45) is -0.0439.